The fourth-order valence-corrected chi connectivity index (χ4v) is 12.6. The third-order valence-corrected chi connectivity index (χ3v) is 15.5. The van der Waals surface area contributed by atoms with Crippen molar-refractivity contribution in [3.05, 3.63) is 120 Å². The number of ether oxygens (including phenoxy) is 3. The quantitative estimate of drug-likeness (QED) is 0.137. The summed E-state index contributed by atoms with van der Waals surface area (Å²) >= 11 is 0. The number of rotatable bonds is 10. The first-order valence-electron chi connectivity index (χ1n) is 18.4. The topological polar surface area (TPSA) is 111 Å². The zero-order valence-corrected chi connectivity index (χ0v) is 33.3. The van der Waals surface area contributed by atoms with Gasteiger partial charge in [0.2, 0.25) is 5.78 Å². The van der Waals surface area contributed by atoms with Gasteiger partial charge in [-0.2, -0.15) is 0 Å². The minimum absolute atomic E-state index is 0.0474. The lowest BCUT2D eigenvalue weighted by atomic mass is 9.82. The molecule has 3 aromatic carbocycles. The molecule has 284 valence electrons. The molecule has 0 saturated carbocycles. The van der Waals surface area contributed by atoms with Crippen LogP contribution in [0.2, 0.25) is 5.04 Å². The molecule has 1 aliphatic carbocycles. The van der Waals surface area contributed by atoms with Gasteiger partial charge in [-0.05, 0) is 54.7 Å². The normalized spacial score (nSPS) is 20.7. The van der Waals surface area contributed by atoms with Crippen molar-refractivity contribution in [3.63, 3.8) is 0 Å². The predicted molar refractivity (Wildman–Crippen MR) is 208 cm³/mol. The van der Waals surface area contributed by atoms with E-state index in [4.69, 9.17) is 18.6 Å². The largest absolute Gasteiger partial charge is 0.492 e. The van der Waals surface area contributed by atoms with Crippen LogP contribution in [0, 0.1) is 5.92 Å². The highest BCUT2D eigenvalue weighted by atomic mass is 28.4. The van der Waals surface area contributed by atoms with E-state index in [9.17, 15) is 19.2 Å². The number of carbonyl (C=O) groups is 4. The summed E-state index contributed by atoms with van der Waals surface area (Å²) < 4.78 is 24.6. The summed E-state index contributed by atoms with van der Waals surface area (Å²) in [5, 5.41) is 1.65. The van der Waals surface area contributed by atoms with Crippen molar-refractivity contribution in [2.75, 3.05) is 20.3 Å². The number of allylic oxidation sites excluding steroid dienone is 3. The molecule has 10 nitrogen and oxygen atoms in total. The molecule has 3 aromatic rings. The molecule has 6 rings (SSSR count). The highest BCUT2D eigenvalue weighted by Gasteiger charge is 2.67. The smallest absolute Gasteiger partial charge is 0.410 e. The average Bonchev–Trinajstić information content (AvgIpc) is 3.71. The molecule has 2 heterocycles. The van der Waals surface area contributed by atoms with Gasteiger partial charge in [-0.15, -0.1) is 0 Å². The van der Waals surface area contributed by atoms with E-state index >= 15 is 0 Å². The summed E-state index contributed by atoms with van der Waals surface area (Å²) in [6.45, 7) is 13.6. The summed E-state index contributed by atoms with van der Waals surface area (Å²) in [4.78, 5) is 58.9. The van der Waals surface area contributed by atoms with E-state index in [-0.39, 0.29) is 42.4 Å². The third kappa shape index (κ3) is 7.39. The number of likely N-dealkylation sites (tertiary alicyclic amines) is 1. The Morgan fingerprint density at radius 1 is 0.833 bits per heavy atom. The number of carbonyl (C=O) groups excluding carboxylic acids is 4. The van der Waals surface area contributed by atoms with Gasteiger partial charge in [0.05, 0.1) is 25.2 Å². The molecule has 3 aliphatic rings. The molecule has 0 spiro atoms. The summed E-state index contributed by atoms with van der Waals surface area (Å²) in [6.07, 6.45) is 0.241. The summed E-state index contributed by atoms with van der Waals surface area (Å²) in [7, 11) is -1.83. The molecular formula is C43H50N2O8Si. The lowest BCUT2D eigenvalue weighted by Crippen LogP contribution is -2.67. The second-order valence-electron chi connectivity index (χ2n) is 16.2. The molecule has 2 saturated heterocycles. The zero-order valence-electron chi connectivity index (χ0n) is 32.3. The van der Waals surface area contributed by atoms with Gasteiger partial charge in [0, 0.05) is 30.2 Å². The molecule has 11 heteroatoms. The standard InChI is InChI=1S/C43H50N2O8Si/c1-28-35(46)24-32(38(47)39(28)50-8)33(27-52-54(43(5,6)7,30-20-14-10-15-21-30)31-22-16-11-17-23-31)36-37-34(25-44(36)40(48)53-42(2,3)4)45(37)41(49)51-26-29-18-12-9-13-19-29/h9-24,33-34,36-37H,25-27H2,1-8H3/t33?,34-,36?,37-,45?/m0/s1. The number of piperazine rings is 1. The number of Topliss-reactive ketones (excluding diaryl/α,β-unsaturated/α-hetero) is 1. The van der Waals surface area contributed by atoms with Crippen molar-refractivity contribution < 1.29 is 37.8 Å². The molecule has 0 radical (unpaired) electrons. The molecule has 2 fully saturated rings. The molecule has 0 N–H and O–H groups in total. The maximum Gasteiger partial charge on any atom is 0.410 e. The van der Waals surface area contributed by atoms with E-state index in [1.165, 1.54) is 13.2 Å². The predicted octanol–water partition coefficient (Wildman–Crippen LogP) is 6.19. The Balaban J connectivity index is 1.46. The van der Waals surface area contributed by atoms with Crippen LogP contribution in [0.15, 0.2) is 114 Å². The van der Waals surface area contributed by atoms with Gasteiger partial charge in [0.1, 0.15) is 12.2 Å². The Morgan fingerprint density at radius 2 is 1.39 bits per heavy atom. The molecular weight excluding hydrogens is 701 g/mol. The van der Waals surface area contributed by atoms with Crippen LogP contribution in [0.25, 0.3) is 0 Å². The molecule has 2 unspecified atom stereocenters. The van der Waals surface area contributed by atoms with Crippen LogP contribution in [-0.4, -0.2) is 85.9 Å². The second kappa shape index (κ2) is 15.0. The third-order valence-electron chi connectivity index (χ3n) is 10.5. The summed E-state index contributed by atoms with van der Waals surface area (Å²) in [6, 6.07) is 27.9. The van der Waals surface area contributed by atoms with Gasteiger partial charge >= 0.3 is 12.2 Å². The Kier molecular flexibility index (Phi) is 10.8. The van der Waals surface area contributed by atoms with Gasteiger partial charge in [-0.25, -0.2) is 9.59 Å². The Morgan fingerprint density at radius 3 is 1.91 bits per heavy atom. The highest BCUT2D eigenvalue weighted by molar-refractivity contribution is 6.99. The van der Waals surface area contributed by atoms with Crippen LogP contribution in [-0.2, 0) is 34.8 Å². The van der Waals surface area contributed by atoms with Crippen LogP contribution < -0.4 is 10.4 Å². The molecule has 0 aromatic heterocycles. The van der Waals surface area contributed by atoms with E-state index < -0.39 is 61.0 Å². The van der Waals surface area contributed by atoms with Crippen molar-refractivity contribution >= 4 is 42.4 Å². The number of benzene rings is 3. The SMILES string of the molecule is COC1=C(C)C(=O)C=C(C(CO[Si](c2ccccc2)(c2ccccc2)C(C)(C)C)C2[C@@H]3[C@H](CN2C(=O)OC(C)(C)C)N3C(=O)OCc2ccccc2)C1=O. The number of fused-ring (bicyclic) bond motifs is 1. The monoisotopic (exact) mass is 750 g/mol. The summed E-state index contributed by atoms with van der Waals surface area (Å²) in [5.41, 5.74) is 0.378. The zero-order chi connectivity index (χ0) is 39.0. The lowest BCUT2D eigenvalue weighted by molar-refractivity contribution is -0.119. The maximum absolute atomic E-state index is 14.4. The number of hydrogen-bond acceptors (Lipinski definition) is 8. The van der Waals surface area contributed by atoms with Crippen molar-refractivity contribution in [2.45, 2.75) is 83.8 Å². The number of hydrogen-bond donors (Lipinski definition) is 0. The van der Waals surface area contributed by atoms with Crippen LogP contribution >= 0.6 is 0 Å². The minimum atomic E-state index is -3.20. The van der Waals surface area contributed by atoms with Crippen molar-refractivity contribution in [3.8, 4) is 0 Å². The van der Waals surface area contributed by atoms with E-state index in [1.54, 1.807) is 37.5 Å². The number of amides is 2. The second-order valence-corrected chi connectivity index (χ2v) is 20.5. The fraction of sp³-hybridized carbons (Fsp3) is 0.395. The van der Waals surface area contributed by atoms with Gasteiger partial charge in [-0.3, -0.25) is 14.5 Å². The molecule has 4 atom stereocenters. The lowest BCUT2D eigenvalue weighted by Gasteiger charge is -2.45. The van der Waals surface area contributed by atoms with Gasteiger partial charge in [0.15, 0.2) is 11.5 Å². The van der Waals surface area contributed by atoms with Crippen LogP contribution in [0.1, 0.15) is 54.0 Å². The van der Waals surface area contributed by atoms with Crippen molar-refractivity contribution in [1.29, 1.82) is 0 Å². The van der Waals surface area contributed by atoms with E-state index in [2.05, 4.69) is 45.0 Å². The van der Waals surface area contributed by atoms with E-state index in [0.717, 1.165) is 15.9 Å². The first kappa shape index (κ1) is 38.7. The average molecular weight is 751 g/mol. The highest BCUT2D eigenvalue weighted by Crippen LogP contribution is 2.48. The van der Waals surface area contributed by atoms with Crippen molar-refractivity contribution in [2.24, 2.45) is 5.92 Å². The summed E-state index contributed by atoms with van der Waals surface area (Å²) in [5.74, 6) is -1.75. The van der Waals surface area contributed by atoms with Gasteiger partial charge in [0.25, 0.3) is 8.32 Å². The van der Waals surface area contributed by atoms with E-state index in [1.807, 2.05) is 66.7 Å². The van der Waals surface area contributed by atoms with Crippen LogP contribution in [0.4, 0.5) is 9.59 Å². The van der Waals surface area contributed by atoms with Crippen LogP contribution in [0.5, 0.6) is 0 Å². The Labute approximate surface area is 318 Å². The maximum atomic E-state index is 14.4. The van der Waals surface area contributed by atoms with Crippen molar-refractivity contribution in [1.82, 2.24) is 9.80 Å². The van der Waals surface area contributed by atoms with Gasteiger partial charge in [-0.1, -0.05) is 112 Å². The Hall–Kier alpha value is -5.00. The fourth-order valence-electron chi connectivity index (χ4n) is 8.02. The first-order chi connectivity index (χ1) is 25.6. The van der Waals surface area contributed by atoms with Gasteiger partial charge < -0.3 is 23.5 Å². The molecule has 2 amide bonds. The first-order valence-corrected chi connectivity index (χ1v) is 20.3. The van der Waals surface area contributed by atoms with Crippen LogP contribution in [0.3, 0.4) is 0 Å². The molecule has 0 bridgehead atoms. The van der Waals surface area contributed by atoms with E-state index in [0.29, 0.717) is 0 Å². The molecule has 2 aliphatic heterocycles. The minimum Gasteiger partial charge on any atom is -0.492 e. The molecule has 54 heavy (non-hydrogen) atoms. The number of methoxy groups -OCH3 is 1. The number of nitrogens with zero attached hydrogens (tertiary/aromatic N) is 2. The number of ketones is 2. The Bertz CT molecular complexity index is 1910.